The van der Waals surface area contributed by atoms with Gasteiger partial charge in [0.15, 0.2) is 0 Å². The van der Waals surface area contributed by atoms with Gasteiger partial charge in [-0.3, -0.25) is 4.90 Å². The minimum Gasteiger partial charge on any atom is -0.467 e. The fourth-order valence-corrected chi connectivity index (χ4v) is 6.76. The second kappa shape index (κ2) is 18.9. The second-order valence-electron chi connectivity index (χ2n) is 18.9. The summed E-state index contributed by atoms with van der Waals surface area (Å²) in [6.07, 6.45) is 5.63. The van der Waals surface area contributed by atoms with Crippen molar-refractivity contribution in [3.8, 4) is 0 Å². The van der Waals surface area contributed by atoms with Crippen molar-refractivity contribution in [2.75, 3.05) is 20.8 Å². The minimum absolute atomic E-state index is 0. The molecule has 0 aromatic carbocycles. The number of esters is 2. The first kappa shape index (κ1) is 50.1. The van der Waals surface area contributed by atoms with E-state index in [1.54, 1.807) is 33.0 Å². The number of aromatic nitrogens is 1. The zero-order valence-corrected chi connectivity index (χ0v) is 36.9. The third-order valence-corrected chi connectivity index (χ3v) is 11.0. The Labute approximate surface area is 344 Å². The van der Waals surface area contributed by atoms with Gasteiger partial charge in [0.05, 0.1) is 36.6 Å². The molecule has 3 aliphatic heterocycles. The topological polar surface area (TPSA) is 150 Å². The average Bonchev–Trinajstić information content (AvgIpc) is 3.76. The van der Waals surface area contributed by atoms with Crippen molar-refractivity contribution in [3.63, 3.8) is 0 Å². The molecule has 0 saturated carbocycles. The summed E-state index contributed by atoms with van der Waals surface area (Å²) in [5.41, 5.74) is -1.75. The maximum Gasteiger partial charge on any atom is 0.457 e. The molecule has 3 fully saturated rings. The van der Waals surface area contributed by atoms with Crippen LogP contribution in [0.5, 0.6) is 0 Å². The van der Waals surface area contributed by atoms with Crippen LogP contribution in [0.15, 0.2) is 12.3 Å². The summed E-state index contributed by atoms with van der Waals surface area (Å²) >= 11 is 0. The summed E-state index contributed by atoms with van der Waals surface area (Å²) in [6, 6.07) is 1.15. The van der Waals surface area contributed by atoms with Gasteiger partial charge in [0.25, 0.3) is 0 Å². The van der Waals surface area contributed by atoms with Crippen LogP contribution in [0.2, 0.25) is 12.6 Å². The molecule has 0 bridgehead atoms. The second-order valence-corrected chi connectivity index (χ2v) is 18.9. The van der Waals surface area contributed by atoms with Crippen LogP contribution >= 0.6 is 0 Å². The Kier molecular flexibility index (Phi) is 16.6. The molecule has 14 nitrogen and oxygen atoms in total. The van der Waals surface area contributed by atoms with E-state index in [1.807, 2.05) is 76.2 Å². The van der Waals surface area contributed by atoms with Gasteiger partial charge in [-0.05, 0) is 146 Å². The lowest BCUT2D eigenvalue weighted by atomic mass is 9.80. The van der Waals surface area contributed by atoms with Crippen LogP contribution < -0.4 is 0 Å². The van der Waals surface area contributed by atoms with Gasteiger partial charge in [-0.1, -0.05) is 20.3 Å². The van der Waals surface area contributed by atoms with Crippen molar-refractivity contribution in [2.45, 2.75) is 189 Å². The first-order valence-electron chi connectivity index (χ1n) is 19.9. The number of methoxy groups -OCH3 is 2. The molecule has 4 rings (SSSR count). The van der Waals surface area contributed by atoms with Gasteiger partial charge in [0, 0.05) is 14.2 Å². The standard InChI is InChI=1S/C20H36BNO6.C20H32BNO6.CH4.H2/c2*1-18(2,3)26-17(24)22-13-11-14(15(22)16(23)25-8)10-9-12-21-27-19(4,5)20(6,7)28-21;;/h14-15H,9-13H2,1-8H3;11,13H,9-10,12H2,1-8H3;1H4;1H. The van der Waals surface area contributed by atoms with Gasteiger partial charge < -0.3 is 37.6 Å². The lowest BCUT2D eigenvalue weighted by Crippen LogP contribution is -2.46. The zero-order chi connectivity index (χ0) is 42.7. The number of hydrogen-bond donors (Lipinski definition) is 0. The molecule has 16 heteroatoms. The van der Waals surface area contributed by atoms with Gasteiger partial charge in [-0.2, -0.15) is 0 Å². The SMILES string of the molecule is C.COC(=O)C1C(CCCB2OC(C)(C)C(C)(C)O2)CCN1C(=O)OC(C)(C)C.COC(=O)c1c(CCCB2OC(C)(C)C(C)(C)O2)ccn1C(=O)OC(C)(C)C.[HH]. The fourth-order valence-electron chi connectivity index (χ4n) is 6.76. The number of carbonyl (C=O) groups excluding carboxylic acids is 4. The molecule has 326 valence electrons. The van der Waals surface area contributed by atoms with E-state index in [1.165, 1.54) is 23.7 Å². The summed E-state index contributed by atoms with van der Waals surface area (Å²) in [4.78, 5) is 51.1. The normalized spacial score (nSPS) is 21.9. The Balaban J connectivity index is 0.000000561. The average molecular weight is 809 g/mol. The fraction of sp³-hybridized carbons (Fsp3) is 0.805. The number of aryl methyl sites for hydroxylation is 1. The van der Waals surface area contributed by atoms with Gasteiger partial charge in [-0.25, -0.2) is 23.7 Å². The van der Waals surface area contributed by atoms with E-state index in [-0.39, 0.29) is 63.1 Å². The largest absolute Gasteiger partial charge is 0.467 e. The van der Waals surface area contributed by atoms with Crippen molar-refractivity contribution in [3.05, 3.63) is 23.5 Å². The quantitative estimate of drug-likeness (QED) is 0.127. The van der Waals surface area contributed by atoms with Crippen LogP contribution in [0, 0.1) is 5.92 Å². The van der Waals surface area contributed by atoms with Gasteiger partial charge in [0.2, 0.25) is 0 Å². The monoisotopic (exact) mass is 809 g/mol. The number of carbonyl (C=O) groups is 4. The number of amides is 1. The Morgan fingerprint density at radius 3 is 1.65 bits per heavy atom. The molecule has 57 heavy (non-hydrogen) atoms. The highest BCUT2D eigenvalue weighted by Gasteiger charge is 2.52. The molecule has 0 N–H and O–H groups in total. The third kappa shape index (κ3) is 13.0. The molecule has 3 aliphatic rings. The molecule has 2 unspecified atom stereocenters. The lowest BCUT2D eigenvalue weighted by Gasteiger charge is -2.32. The molecule has 0 radical (unpaired) electrons. The molecule has 0 aliphatic carbocycles. The van der Waals surface area contributed by atoms with Crippen LogP contribution in [0.3, 0.4) is 0 Å². The Morgan fingerprint density at radius 2 is 1.21 bits per heavy atom. The van der Waals surface area contributed by atoms with Crippen LogP contribution in [0.4, 0.5) is 9.59 Å². The van der Waals surface area contributed by atoms with Crippen molar-refractivity contribution in [1.29, 1.82) is 0 Å². The first-order valence-corrected chi connectivity index (χ1v) is 19.9. The molecule has 1 aromatic heterocycles. The van der Waals surface area contributed by atoms with Crippen LogP contribution in [-0.2, 0) is 48.8 Å². The van der Waals surface area contributed by atoms with E-state index in [4.69, 9.17) is 37.6 Å². The molecular formula is C41H74B2N2O12. The molecule has 0 spiro atoms. The lowest BCUT2D eigenvalue weighted by molar-refractivity contribution is -0.147. The highest BCUT2D eigenvalue weighted by Crippen LogP contribution is 2.40. The van der Waals surface area contributed by atoms with E-state index < -0.39 is 35.4 Å². The van der Waals surface area contributed by atoms with E-state index in [0.29, 0.717) is 19.3 Å². The van der Waals surface area contributed by atoms with E-state index >= 15 is 0 Å². The highest BCUT2D eigenvalue weighted by molar-refractivity contribution is 6.45. The summed E-state index contributed by atoms with van der Waals surface area (Å²) in [7, 11) is 2.11. The summed E-state index contributed by atoms with van der Waals surface area (Å²) in [6.45, 7) is 27.5. The van der Waals surface area contributed by atoms with Crippen LogP contribution in [-0.4, -0.2) is 108 Å². The van der Waals surface area contributed by atoms with E-state index in [0.717, 1.165) is 37.6 Å². The molecule has 3 saturated heterocycles. The number of nitrogens with zero attached hydrogens (tertiary/aromatic N) is 2. The van der Waals surface area contributed by atoms with Crippen LogP contribution in [0.25, 0.3) is 0 Å². The van der Waals surface area contributed by atoms with Crippen molar-refractivity contribution < 1.29 is 58.2 Å². The molecule has 1 aromatic rings. The van der Waals surface area contributed by atoms with E-state index in [2.05, 4.69) is 0 Å². The molecule has 1 amide bonds. The minimum atomic E-state index is -0.661. The zero-order valence-electron chi connectivity index (χ0n) is 36.9. The Morgan fingerprint density at radius 1 is 0.754 bits per heavy atom. The third-order valence-electron chi connectivity index (χ3n) is 11.0. The maximum absolute atomic E-state index is 12.5. The maximum atomic E-state index is 12.5. The number of likely N-dealkylation sites (tertiary alicyclic amines) is 1. The van der Waals surface area contributed by atoms with Gasteiger partial charge >= 0.3 is 38.4 Å². The predicted molar refractivity (Wildman–Crippen MR) is 222 cm³/mol. The van der Waals surface area contributed by atoms with Gasteiger partial charge in [-0.15, -0.1) is 0 Å². The Bertz CT molecular complexity index is 1520. The first-order chi connectivity index (χ1) is 25.5. The summed E-state index contributed by atoms with van der Waals surface area (Å²) in [5.74, 6) is -0.909. The molecule has 4 heterocycles. The van der Waals surface area contributed by atoms with Crippen molar-refractivity contribution in [2.24, 2.45) is 5.92 Å². The van der Waals surface area contributed by atoms with E-state index in [9.17, 15) is 19.2 Å². The smallest absolute Gasteiger partial charge is 0.457 e. The van der Waals surface area contributed by atoms with Gasteiger partial charge in [0.1, 0.15) is 22.9 Å². The molecular weight excluding hydrogens is 734 g/mol. The molecule has 2 atom stereocenters. The highest BCUT2D eigenvalue weighted by atomic mass is 16.7. The number of hydrogen-bond acceptors (Lipinski definition) is 12. The predicted octanol–water partition coefficient (Wildman–Crippen LogP) is 8.62. The Hall–Kier alpha value is -3.07. The van der Waals surface area contributed by atoms with Crippen LogP contribution in [0.1, 0.15) is 148 Å². The van der Waals surface area contributed by atoms with Crippen molar-refractivity contribution >= 4 is 38.4 Å². The summed E-state index contributed by atoms with van der Waals surface area (Å²) in [5, 5.41) is 0. The number of rotatable bonds is 10. The summed E-state index contributed by atoms with van der Waals surface area (Å²) < 4.78 is 46.0. The van der Waals surface area contributed by atoms with Crippen molar-refractivity contribution in [1.82, 2.24) is 9.47 Å². The number of ether oxygens (including phenoxy) is 4.